The zero-order valence-electron chi connectivity index (χ0n) is 8.46. The molecule has 0 amide bonds. The molecule has 1 saturated heterocycles. The summed E-state index contributed by atoms with van der Waals surface area (Å²) in [7, 11) is 3.38. The number of methoxy groups -OCH3 is 1. The Morgan fingerprint density at radius 1 is 1.69 bits per heavy atom. The van der Waals surface area contributed by atoms with Gasteiger partial charge in [-0.25, -0.2) is 0 Å². The van der Waals surface area contributed by atoms with Crippen LogP contribution in [-0.4, -0.2) is 43.9 Å². The van der Waals surface area contributed by atoms with Crippen LogP contribution < -0.4 is 4.90 Å². The maximum atomic E-state index is 11.3. The molecule has 2 N–H and O–H groups in total. The summed E-state index contributed by atoms with van der Waals surface area (Å²) in [5.41, 5.74) is -0.896. The minimum atomic E-state index is -0.896. The highest BCUT2D eigenvalue weighted by molar-refractivity contribution is 5.73. The van der Waals surface area contributed by atoms with E-state index in [1.807, 2.05) is 7.05 Å². The number of carbonyl (C=O) groups is 1. The van der Waals surface area contributed by atoms with Crippen molar-refractivity contribution < 1.29 is 19.5 Å². The lowest BCUT2D eigenvalue weighted by Gasteiger charge is -2.37. The SMILES string of the molecule is COC(=O)[C@H]1C[NH+](C)CC[C@@]1(C)O. The number of piperidine rings is 1. The molecule has 0 spiro atoms. The topological polar surface area (TPSA) is 51.0 Å². The van der Waals surface area contributed by atoms with Crippen LogP contribution in [0.25, 0.3) is 0 Å². The van der Waals surface area contributed by atoms with Crippen molar-refractivity contribution in [2.75, 3.05) is 27.2 Å². The van der Waals surface area contributed by atoms with Crippen molar-refractivity contribution >= 4 is 5.97 Å². The third-order valence-corrected chi connectivity index (χ3v) is 2.85. The van der Waals surface area contributed by atoms with Gasteiger partial charge in [-0.05, 0) is 6.92 Å². The lowest BCUT2D eigenvalue weighted by Crippen LogP contribution is -3.12. The second-order valence-electron chi connectivity index (χ2n) is 4.09. The van der Waals surface area contributed by atoms with Crippen LogP contribution in [0, 0.1) is 5.92 Å². The maximum Gasteiger partial charge on any atom is 0.317 e. The largest absolute Gasteiger partial charge is 0.469 e. The van der Waals surface area contributed by atoms with Crippen LogP contribution in [-0.2, 0) is 9.53 Å². The molecule has 0 bridgehead atoms. The maximum absolute atomic E-state index is 11.3. The number of quaternary nitrogens is 1. The third kappa shape index (κ3) is 2.19. The van der Waals surface area contributed by atoms with E-state index in [-0.39, 0.29) is 11.9 Å². The van der Waals surface area contributed by atoms with Gasteiger partial charge in [0.2, 0.25) is 0 Å². The van der Waals surface area contributed by atoms with Gasteiger partial charge in [-0.1, -0.05) is 0 Å². The van der Waals surface area contributed by atoms with Crippen LogP contribution in [0.5, 0.6) is 0 Å². The van der Waals surface area contributed by atoms with Gasteiger partial charge in [0, 0.05) is 6.42 Å². The van der Waals surface area contributed by atoms with Gasteiger partial charge in [0.1, 0.15) is 5.92 Å². The summed E-state index contributed by atoms with van der Waals surface area (Å²) in [6.45, 7) is 3.27. The zero-order chi connectivity index (χ0) is 10.1. The van der Waals surface area contributed by atoms with Crippen molar-refractivity contribution in [1.82, 2.24) is 0 Å². The van der Waals surface area contributed by atoms with Crippen LogP contribution in [0.3, 0.4) is 0 Å². The monoisotopic (exact) mass is 188 g/mol. The Bertz CT molecular complexity index is 203. The van der Waals surface area contributed by atoms with Crippen LogP contribution in [0.15, 0.2) is 0 Å². The van der Waals surface area contributed by atoms with E-state index in [9.17, 15) is 9.90 Å². The summed E-state index contributed by atoms with van der Waals surface area (Å²) in [6.07, 6.45) is 0.651. The molecule has 13 heavy (non-hydrogen) atoms. The third-order valence-electron chi connectivity index (χ3n) is 2.85. The number of rotatable bonds is 1. The lowest BCUT2D eigenvalue weighted by atomic mass is 9.83. The Kier molecular flexibility index (Phi) is 2.93. The first-order chi connectivity index (χ1) is 5.97. The number of ether oxygens (including phenoxy) is 1. The molecule has 1 rings (SSSR count). The summed E-state index contributed by atoms with van der Waals surface area (Å²) >= 11 is 0. The Morgan fingerprint density at radius 3 is 2.85 bits per heavy atom. The van der Waals surface area contributed by atoms with E-state index in [0.29, 0.717) is 13.0 Å². The average molecular weight is 188 g/mol. The fourth-order valence-corrected chi connectivity index (χ4v) is 1.79. The molecular weight excluding hydrogens is 170 g/mol. The predicted molar refractivity (Wildman–Crippen MR) is 47.4 cm³/mol. The lowest BCUT2D eigenvalue weighted by molar-refractivity contribution is -0.890. The summed E-state index contributed by atoms with van der Waals surface area (Å²) in [6, 6.07) is 0. The van der Waals surface area contributed by atoms with Gasteiger partial charge in [0.15, 0.2) is 0 Å². The number of likely N-dealkylation sites (tertiary alicyclic amines) is 1. The summed E-state index contributed by atoms with van der Waals surface area (Å²) in [4.78, 5) is 12.6. The van der Waals surface area contributed by atoms with E-state index in [2.05, 4.69) is 4.74 Å². The average Bonchev–Trinajstić information content (AvgIpc) is 2.08. The van der Waals surface area contributed by atoms with E-state index < -0.39 is 5.60 Å². The van der Waals surface area contributed by atoms with Crippen LogP contribution in [0.4, 0.5) is 0 Å². The molecule has 3 atom stereocenters. The predicted octanol–water partition coefficient (Wildman–Crippen LogP) is -1.55. The molecule has 0 aromatic heterocycles. The fraction of sp³-hybridized carbons (Fsp3) is 0.889. The molecule has 1 fully saturated rings. The number of hydrogen-bond donors (Lipinski definition) is 2. The molecule has 1 unspecified atom stereocenters. The van der Waals surface area contributed by atoms with Gasteiger partial charge < -0.3 is 14.7 Å². The molecule has 0 aromatic rings. The van der Waals surface area contributed by atoms with E-state index in [1.54, 1.807) is 6.92 Å². The molecule has 0 aromatic carbocycles. The highest BCUT2D eigenvalue weighted by atomic mass is 16.5. The summed E-state index contributed by atoms with van der Waals surface area (Å²) in [5.74, 6) is -0.685. The van der Waals surface area contributed by atoms with E-state index in [0.717, 1.165) is 6.54 Å². The van der Waals surface area contributed by atoms with Crippen molar-refractivity contribution in [2.45, 2.75) is 18.9 Å². The zero-order valence-corrected chi connectivity index (χ0v) is 8.46. The second-order valence-corrected chi connectivity index (χ2v) is 4.09. The molecular formula is C9H18NO3+. The number of carbonyl (C=O) groups excluding carboxylic acids is 1. The minimum absolute atomic E-state index is 0.302. The smallest absolute Gasteiger partial charge is 0.317 e. The van der Waals surface area contributed by atoms with E-state index >= 15 is 0 Å². The summed E-state index contributed by atoms with van der Waals surface area (Å²) < 4.78 is 4.66. The first-order valence-corrected chi connectivity index (χ1v) is 4.59. The highest BCUT2D eigenvalue weighted by Crippen LogP contribution is 2.22. The highest BCUT2D eigenvalue weighted by Gasteiger charge is 2.44. The van der Waals surface area contributed by atoms with Crippen molar-refractivity contribution in [3.8, 4) is 0 Å². The summed E-state index contributed by atoms with van der Waals surface area (Å²) in [5, 5.41) is 9.94. The number of aliphatic hydroxyl groups is 1. The van der Waals surface area contributed by atoms with Gasteiger partial charge in [-0.2, -0.15) is 0 Å². The van der Waals surface area contributed by atoms with Gasteiger partial charge >= 0.3 is 5.97 Å². The van der Waals surface area contributed by atoms with E-state index in [4.69, 9.17) is 0 Å². The number of hydrogen-bond acceptors (Lipinski definition) is 3. The van der Waals surface area contributed by atoms with Crippen molar-refractivity contribution in [3.63, 3.8) is 0 Å². The second kappa shape index (κ2) is 3.64. The van der Waals surface area contributed by atoms with Crippen LogP contribution in [0.1, 0.15) is 13.3 Å². The minimum Gasteiger partial charge on any atom is -0.469 e. The first kappa shape index (κ1) is 10.5. The van der Waals surface area contributed by atoms with Gasteiger partial charge in [0.25, 0.3) is 0 Å². The normalized spacial score (nSPS) is 40.0. The molecule has 1 heterocycles. The van der Waals surface area contributed by atoms with Crippen LogP contribution >= 0.6 is 0 Å². The molecule has 76 valence electrons. The molecule has 1 aliphatic rings. The van der Waals surface area contributed by atoms with Crippen LogP contribution in [0.2, 0.25) is 0 Å². The fourth-order valence-electron chi connectivity index (χ4n) is 1.79. The first-order valence-electron chi connectivity index (χ1n) is 4.59. The Hall–Kier alpha value is -0.610. The molecule has 0 saturated carbocycles. The quantitative estimate of drug-likeness (QED) is 0.490. The number of esters is 1. The van der Waals surface area contributed by atoms with Gasteiger partial charge in [0.05, 0.1) is 32.8 Å². The molecule has 1 aliphatic heterocycles. The van der Waals surface area contributed by atoms with Crippen molar-refractivity contribution in [2.24, 2.45) is 5.92 Å². The molecule has 4 nitrogen and oxygen atoms in total. The Labute approximate surface area is 78.5 Å². The van der Waals surface area contributed by atoms with Crippen molar-refractivity contribution in [1.29, 1.82) is 0 Å². The molecule has 0 radical (unpaired) electrons. The number of nitrogens with one attached hydrogen (secondary N) is 1. The Morgan fingerprint density at radius 2 is 2.31 bits per heavy atom. The Balaban J connectivity index is 2.72. The van der Waals surface area contributed by atoms with Gasteiger partial charge in [-0.15, -0.1) is 0 Å². The van der Waals surface area contributed by atoms with Gasteiger partial charge in [-0.3, -0.25) is 4.79 Å². The standard InChI is InChI=1S/C9H17NO3/c1-9(12)4-5-10(2)6-7(9)8(11)13-3/h7,12H,4-6H2,1-3H3/p+1/t7-,9-/m1/s1. The van der Waals surface area contributed by atoms with Crippen molar-refractivity contribution in [3.05, 3.63) is 0 Å². The molecule has 0 aliphatic carbocycles. The molecule has 4 heteroatoms. The van der Waals surface area contributed by atoms with E-state index in [1.165, 1.54) is 12.0 Å².